The van der Waals surface area contributed by atoms with E-state index in [0.29, 0.717) is 6.54 Å². The van der Waals surface area contributed by atoms with Crippen LogP contribution in [0.5, 0.6) is 0 Å². The van der Waals surface area contributed by atoms with Crippen molar-refractivity contribution < 1.29 is 9.53 Å². The molecule has 9 heteroatoms. The van der Waals surface area contributed by atoms with Gasteiger partial charge in [-0.2, -0.15) is 0 Å². The maximum absolute atomic E-state index is 13.0. The van der Waals surface area contributed by atoms with Gasteiger partial charge in [-0.3, -0.25) is 19.1 Å². The van der Waals surface area contributed by atoms with Gasteiger partial charge in [0.25, 0.3) is 5.56 Å². The predicted molar refractivity (Wildman–Crippen MR) is 117 cm³/mol. The lowest BCUT2D eigenvalue weighted by Gasteiger charge is -2.24. The number of nitrogens with two attached hydrogens (primary N) is 1. The van der Waals surface area contributed by atoms with E-state index in [1.54, 1.807) is 0 Å². The monoisotopic (exact) mass is 420 g/mol. The fourth-order valence-corrected chi connectivity index (χ4v) is 3.55. The van der Waals surface area contributed by atoms with Crippen molar-refractivity contribution in [1.82, 2.24) is 9.55 Å². The van der Waals surface area contributed by atoms with Crippen molar-refractivity contribution in [2.75, 3.05) is 36.6 Å². The van der Waals surface area contributed by atoms with Crippen LogP contribution in [-0.2, 0) is 16.1 Å². The Bertz CT molecular complexity index is 937. The Morgan fingerprint density at radius 1 is 1.28 bits per heavy atom. The molecule has 3 N–H and O–H groups in total. The van der Waals surface area contributed by atoms with Crippen LogP contribution in [0.25, 0.3) is 0 Å². The van der Waals surface area contributed by atoms with Gasteiger partial charge in [-0.25, -0.2) is 4.79 Å². The molecule has 0 unspecified atom stereocenters. The number of unbranched alkanes of at least 4 members (excludes halogenated alkanes) is 1. The minimum Gasteiger partial charge on any atom is -0.383 e. The van der Waals surface area contributed by atoms with Crippen LogP contribution < -0.4 is 21.9 Å². The smallest absolute Gasteiger partial charge is 0.330 e. The fourth-order valence-electron chi connectivity index (χ4n) is 2.78. The zero-order valence-corrected chi connectivity index (χ0v) is 17.9. The standard InChI is InChI=1S/C20H28N4O4S/c1-4-5-10-24-18(21)17(19(26)22-20(24)27)23(11-12-28-3)16(25)13-29-15-8-6-14(2)7-9-15/h6-9H,4-5,10-13,21H2,1-3H3,(H,22,26,27). The molecule has 0 aliphatic carbocycles. The molecule has 1 heterocycles. The number of carbonyl (C=O) groups is 1. The summed E-state index contributed by atoms with van der Waals surface area (Å²) in [7, 11) is 1.51. The van der Waals surface area contributed by atoms with Crippen molar-refractivity contribution in [3.05, 3.63) is 50.7 Å². The fraction of sp³-hybridized carbons (Fsp3) is 0.450. The summed E-state index contributed by atoms with van der Waals surface area (Å²) in [6.45, 7) is 4.74. The molecule has 1 aromatic heterocycles. The van der Waals surface area contributed by atoms with Gasteiger partial charge in [0.15, 0.2) is 5.69 Å². The summed E-state index contributed by atoms with van der Waals surface area (Å²) in [5.41, 5.74) is 6.04. The molecule has 0 spiro atoms. The molecule has 0 saturated carbocycles. The van der Waals surface area contributed by atoms with Gasteiger partial charge in [0, 0.05) is 25.1 Å². The minimum absolute atomic E-state index is 0.00279. The Labute approximate surface area is 174 Å². The van der Waals surface area contributed by atoms with E-state index in [9.17, 15) is 14.4 Å². The molecule has 1 aromatic carbocycles. The normalized spacial score (nSPS) is 10.9. The summed E-state index contributed by atoms with van der Waals surface area (Å²) in [6.07, 6.45) is 1.59. The number of anilines is 2. The lowest BCUT2D eigenvalue weighted by Crippen LogP contribution is -2.43. The first-order chi connectivity index (χ1) is 13.9. The van der Waals surface area contributed by atoms with Crippen LogP contribution in [0.3, 0.4) is 0 Å². The molecular weight excluding hydrogens is 392 g/mol. The van der Waals surface area contributed by atoms with Crippen LogP contribution in [0.1, 0.15) is 25.3 Å². The zero-order valence-electron chi connectivity index (χ0n) is 17.1. The largest absolute Gasteiger partial charge is 0.383 e. The third kappa shape index (κ3) is 5.98. The minimum atomic E-state index is -0.676. The van der Waals surface area contributed by atoms with Gasteiger partial charge in [0.1, 0.15) is 5.82 Å². The van der Waals surface area contributed by atoms with Crippen LogP contribution in [0.15, 0.2) is 38.8 Å². The van der Waals surface area contributed by atoms with Gasteiger partial charge >= 0.3 is 5.69 Å². The van der Waals surface area contributed by atoms with E-state index in [2.05, 4.69) is 4.98 Å². The van der Waals surface area contributed by atoms with E-state index in [1.807, 2.05) is 38.1 Å². The van der Waals surface area contributed by atoms with Crippen molar-refractivity contribution in [2.24, 2.45) is 0 Å². The summed E-state index contributed by atoms with van der Waals surface area (Å²) >= 11 is 1.37. The highest BCUT2D eigenvalue weighted by atomic mass is 32.2. The van der Waals surface area contributed by atoms with E-state index in [4.69, 9.17) is 10.5 Å². The van der Waals surface area contributed by atoms with E-state index >= 15 is 0 Å². The average molecular weight is 421 g/mol. The number of rotatable bonds is 10. The van der Waals surface area contributed by atoms with Crippen molar-refractivity contribution in [1.29, 1.82) is 0 Å². The van der Waals surface area contributed by atoms with Gasteiger partial charge in [-0.15, -0.1) is 11.8 Å². The van der Waals surface area contributed by atoms with Crippen LogP contribution in [-0.4, -0.2) is 41.5 Å². The second kappa shape index (κ2) is 10.9. The van der Waals surface area contributed by atoms with Crippen molar-refractivity contribution in [2.45, 2.75) is 38.1 Å². The number of amides is 1. The molecular formula is C20H28N4O4S. The summed E-state index contributed by atoms with van der Waals surface area (Å²) < 4.78 is 6.40. The third-order valence-electron chi connectivity index (χ3n) is 4.42. The second-order valence-corrected chi connectivity index (χ2v) is 7.69. The van der Waals surface area contributed by atoms with Gasteiger partial charge < -0.3 is 15.4 Å². The number of benzene rings is 1. The number of aromatic amines is 1. The van der Waals surface area contributed by atoms with E-state index < -0.39 is 11.2 Å². The van der Waals surface area contributed by atoms with Gasteiger partial charge in [-0.1, -0.05) is 31.0 Å². The molecule has 0 aliphatic rings. The molecule has 158 valence electrons. The molecule has 2 aromatic rings. The molecule has 2 rings (SSSR count). The number of carbonyl (C=O) groups excluding carboxylic acids is 1. The predicted octanol–water partition coefficient (Wildman–Crippen LogP) is 2.00. The van der Waals surface area contributed by atoms with Crippen molar-refractivity contribution in [3.63, 3.8) is 0 Å². The first-order valence-corrected chi connectivity index (χ1v) is 10.5. The Morgan fingerprint density at radius 2 is 1.97 bits per heavy atom. The molecule has 8 nitrogen and oxygen atoms in total. The topological polar surface area (TPSA) is 110 Å². The van der Waals surface area contributed by atoms with E-state index in [1.165, 1.54) is 28.3 Å². The molecule has 0 bridgehead atoms. The maximum atomic E-state index is 13.0. The van der Waals surface area contributed by atoms with Crippen LogP contribution in [0, 0.1) is 6.92 Å². The first kappa shape index (κ1) is 22.8. The highest BCUT2D eigenvalue weighted by molar-refractivity contribution is 8.00. The number of ether oxygens (including phenoxy) is 1. The lowest BCUT2D eigenvalue weighted by atomic mass is 10.2. The average Bonchev–Trinajstić information content (AvgIpc) is 2.69. The number of hydrogen-bond acceptors (Lipinski definition) is 6. The lowest BCUT2D eigenvalue weighted by molar-refractivity contribution is -0.116. The SMILES string of the molecule is CCCCn1c(N)c(N(CCOC)C(=O)CSc2ccc(C)cc2)c(=O)[nH]c1=O. The zero-order chi connectivity index (χ0) is 21.4. The first-order valence-electron chi connectivity index (χ1n) is 9.50. The number of H-pyrrole nitrogens is 1. The second-order valence-electron chi connectivity index (χ2n) is 6.64. The Kier molecular flexibility index (Phi) is 8.53. The van der Waals surface area contributed by atoms with E-state index in [-0.39, 0.29) is 36.3 Å². The molecule has 0 aliphatic heterocycles. The number of nitrogen functional groups attached to an aromatic ring is 1. The summed E-state index contributed by atoms with van der Waals surface area (Å²) in [6, 6.07) is 7.83. The Balaban J connectivity index is 2.33. The van der Waals surface area contributed by atoms with Gasteiger partial charge in [0.2, 0.25) is 5.91 Å². The number of nitrogens with one attached hydrogen (secondary N) is 1. The number of thioether (sulfide) groups is 1. The molecule has 0 radical (unpaired) electrons. The Morgan fingerprint density at radius 3 is 2.59 bits per heavy atom. The van der Waals surface area contributed by atoms with Gasteiger partial charge in [0.05, 0.1) is 12.4 Å². The summed E-state index contributed by atoms with van der Waals surface area (Å²) in [5, 5.41) is 0. The molecule has 0 atom stereocenters. The quantitative estimate of drug-likeness (QED) is 0.569. The molecule has 0 saturated heterocycles. The molecule has 1 amide bonds. The van der Waals surface area contributed by atoms with Gasteiger partial charge in [-0.05, 0) is 25.5 Å². The van der Waals surface area contributed by atoms with Crippen molar-refractivity contribution in [3.8, 4) is 0 Å². The maximum Gasteiger partial charge on any atom is 0.330 e. The highest BCUT2D eigenvalue weighted by Crippen LogP contribution is 2.22. The van der Waals surface area contributed by atoms with Crippen molar-refractivity contribution >= 4 is 29.2 Å². The number of aromatic nitrogens is 2. The van der Waals surface area contributed by atoms with Crippen LogP contribution in [0.2, 0.25) is 0 Å². The van der Waals surface area contributed by atoms with Crippen LogP contribution >= 0.6 is 11.8 Å². The Hall–Kier alpha value is -2.52. The third-order valence-corrected chi connectivity index (χ3v) is 5.42. The van der Waals surface area contributed by atoms with E-state index in [0.717, 1.165) is 23.3 Å². The summed E-state index contributed by atoms with van der Waals surface area (Å²) in [4.78, 5) is 42.2. The number of aryl methyl sites for hydroxylation is 1. The molecule has 29 heavy (non-hydrogen) atoms. The number of hydrogen-bond donors (Lipinski definition) is 2. The molecule has 0 fully saturated rings. The number of nitrogens with zero attached hydrogens (tertiary/aromatic N) is 2. The number of methoxy groups -OCH3 is 1. The summed E-state index contributed by atoms with van der Waals surface area (Å²) in [5.74, 6) is -0.165. The highest BCUT2D eigenvalue weighted by Gasteiger charge is 2.24. The van der Waals surface area contributed by atoms with Crippen LogP contribution in [0.4, 0.5) is 11.5 Å².